The second-order valence-corrected chi connectivity index (χ2v) is 3.86. The van der Waals surface area contributed by atoms with Gasteiger partial charge >= 0.3 is 5.97 Å². The summed E-state index contributed by atoms with van der Waals surface area (Å²) in [6.45, 7) is 2.20. The van der Waals surface area contributed by atoms with Crippen LogP contribution < -0.4 is 0 Å². The molecular formula is C9H14O2. The van der Waals surface area contributed by atoms with Crippen molar-refractivity contribution in [1.29, 1.82) is 0 Å². The molecule has 0 amide bonds. The van der Waals surface area contributed by atoms with E-state index < -0.39 is 0 Å². The number of ether oxygens (including phenoxy) is 1. The lowest BCUT2D eigenvalue weighted by Gasteiger charge is -2.47. The first kappa shape index (κ1) is 7.14. The summed E-state index contributed by atoms with van der Waals surface area (Å²) in [5.74, 6) is 0.590. The SMILES string of the molecule is C[C@@H]1CCCC[C@@]12CC(=O)O2. The lowest BCUT2D eigenvalue weighted by atomic mass is 9.72. The second kappa shape index (κ2) is 2.23. The summed E-state index contributed by atoms with van der Waals surface area (Å²) < 4.78 is 5.24. The first-order chi connectivity index (χ1) is 5.23. The van der Waals surface area contributed by atoms with Gasteiger partial charge in [0.2, 0.25) is 0 Å². The first-order valence-electron chi connectivity index (χ1n) is 4.45. The van der Waals surface area contributed by atoms with Crippen molar-refractivity contribution in [3.8, 4) is 0 Å². The van der Waals surface area contributed by atoms with Gasteiger partial charge in [-0.05, 0) is 25.2 Å². The number of rotatable bonds is 0. The fourth-order valence-corrected chi connectivity index (χ4v) is 2.26. The fourth-order valence-electron chi connectivity index (χ4n) is 2.26. The molecule has 0 bridgehead atoms. The molecule has 2 heteroatoms. The highest BCUT2D eigenvalue weighted by Crippen LogP contribution is 2.44. The van der Waals surface area contributed by atoms with Crippen LogP contribution in [0.5, 0.6) is 0 Å². The minimum atomic E-state index is -0.0185. The molecule has 0 unspecified atom stereocenters. The van der Waals surface area contributed by atoms with E-state index in [0.717, 1.165) is 6.42 Å². The molecule has 2 aliphatic rings. The molecule has 1 heterocycles. The third kappa shape index (κ3) is 0.959. The zero-order valence-electron chi connectivity index (χ0n) is 6.93. The van der Waals surface area contributed by atoms with Crippen LogP contribution in [-0.2, 0) is 9.53 Å². The number of hydrogen-bond acceptors (Lipinski definition) is 2. The number of carbonyl (C=O) groups excluding carboxylic acids is 1. The standard InChI is InChI=1S/C9H14O2/c1-7-4-2-3-5-9(7)6-8(10)11-9/h7H,2-6H2,1H3/t7-,9-/m1/s1. The van der Waals surface area contributed by atoms with Crippen molar-refractivity contribution in [2.75, 3.05) is 0 Å². The largest absolute Gasteiger partial charge is 0.458 e. The Balaban J connectivity index is 2.05. The molecular weight excluding hydrogens is 140 g/mol. The van der Waals surface area contributed by atoms with E-state index >= 15 is 0 Å². The van der Waals surface area contributed by atoms with Gasteiger partial charge < -0.3 is 4.74 Å². The van der Waals surface area contributed by atoms with Crippen molar-refractivity contribution in [2.45, 2.75) is 44.6 Å². The minimum absolute atomic E-state index is 0.00116. The highest BCUT2D eigenvalue weighted by Gasteiger charge is 2.50. The van der Waals surface area contributed by atoms with Gasteiger partial charge in [-0.3, -0.25) is 4.79 Å². The van der Waals surface area contributed by atoms with E-state index in [1.54, 1.807) is 0 Å². The highest BCUT2D eigenvalue weighted by molar-refractivity contribution is 5.77. The van der Waals surface area contributed by atoms with Crippen molar-refractivity contribution < 1.29 is 9.53 Å². The summed E-state index contributed by atoms with van der Waals surface area (Å²) in [5.41, 5.74) is -0.0185. The van der Waals surface area contributed by atoms with Crippen LogP contribution in [0.1, 0.15) is 39.0 Å². The predicted octanol–water partition coefficient (Wildman–Crippen LogP) is 1.88. The molecule has 0 aromatic heterocycles. The molecule has 2 nitrogen and oxygen atoms in total. The normalized spacial score (nSPS) is 43.4. The molecule has 62 valence electrons. The molecule has 0 aromatic rings. The zero-order valence-corrected chi connectivity index (χ0v) is 6.93. The van der Waals surface area contributed by atoms with Crippen LogP contribution in [0.15, 0.2) is 0 Å². The maximum absolute atomic E-state index is 10.7. The number of carbonyl (C=O) groups is 1. The monoisotopic (exact) mass is 154 g/mol. The number of hydrogen-bond donors (Lipinski definition) is 0. The summed E-state index contributed by atoms with van der Waals surface area (Å²) in [7, 11) is 0. The molecule has 0 aromatic carbocycles. The van der Waals surface area contributed by atoms with Crippen LogP contribution >= 0.6 is 0 Å². The highest BCUT2D eigenvalue weighted by atomic mass is 16.6. The van der Waals surface area contributed by atoms with Crippen LogP contribution in [0.3, 0.4) is 0 Å². The van der Waals surface area contributed by atoms with Crippen LogP contribution in [0.4, 0.5) is 0 Å². The van der Waals surface area contributed by atoms with Gasteiger partial charge in [-0.2, -0.15) is 0 Å². The smallest absolute Gasteiger partial charge is 0.310 e. The average Bonchev–Trinajstić information content (AvgIpc) is 1.92. The predicted molar refractivity (Wildman–Crippen MR) is 41.1 cm³/mol. The maximum atomic E-state index is 10.7. The molecule has 0 N–H and O–H groups in total. The summed E-state index contributed by atoms with van der Waals surface area (Å²) in [4.78, 5) is 10.7. The van der Waals surface area contributed by atoms with Gasteiger partial charge in [-0.1, -0.05) is 13.3 Å². The topological polar surface area (TPSA) is 26.3 Å². The maximum Gasteiger partial charge on any atom is 0.310 e. The third-order valence-corrected chi connectivity index (χ3v) is 3.15. The Kier molecular flexibility index (Phi) is 1.44. The average molecular weight is 154 g/mol. The Morgan fingerprint density at radius 1 is 1.55 bits per heavy atom. The van der Waals surface area contributed by atoms with Crippen molar-refractivity contribution in [1.82, 2.24) is 0 Å². The van der Waals surface area contributed by atoms with Gasteiger partial charge in [0.25, 0.3) is 0 Å². The van der Waals surface area contributed by atoms with Crippen LogP contribution in [0.2, 0.25) is 0 Å². The molecule has 1 aliphatic heterocycles. The summed E-state index contributed by atoms with van der Waals surface area (Å²) in [6.07, 6.45) is 5.54. The number of esters is 1. The van der Waals surface area contributed by atoms with Gasteiger partial charge in [-0.15, -0.1) is 0 Å². The van der Waals surface area contributed by atoms with Gasteiger partial charge in [0, 0.05) is 0 Å². The second-order valence-electron chi connectivity index (χ2n) is 3.86. The van der Waals surface area contributed by atoms with E-state index in [4.69, 9.17) is 4.74 Å². The molecule has 1 saturated carbocycles. The van der Waals surface area contributed by atoms with Crippen molar-refractivity contribution >= 4 is 5.97 Å². The molecule has 1 aliphatic carbocycles. The van der Waals surface area contributed by atoms with E-state index in [2.05, 4.69) is 6.92 Å². The van der Waals surface area contributed by atoms with Crippen LogP contribution in [0.25, 0.3) is 0 Å². The van der Waals surface area contributed by atoms with Gasteiger partial charge in [0.05, 0.1) is 6.42 Å². The molecule has 2 fully saturated rings. The Hall–Kier alpha value is -0.530. The van der Waals surface area contributed by atoms with Crippen LogP contribution in [-0.4, -0.2) is 11.6 Å². The van der Waals surface area contributed by atoms with E-state index in [0.29, 0.717) is 12.3 Å². The summed E-state index contributed by atoms with van der Waals surface area (Å²) in [5, 5.41) is 0. The quantitative estimate of drug-likeness (QED) is 0.498. The minimum Gasteiger partial charge on any atom is -0.458 e. The van der Waals surface area contributed by atoms with Gasteiger partial charge in [-0.25, -0.2) is 0 Å². The van der Waals surface area contributed by atoms with E-state index in [-0.39, 0.29) is 11.6 Å². The van der Waals surface area contributed by atoms with Crippen LogP contribution in [0, 0.1) is 5.92 Å². The van der Waals surface area contributed by atoms with Gasteiger partial charge in [0.15, 0.2) is 0 Å². The van der Waals surface area contributed by atoms with E-state index in [1.807, 2.05) is 0 Å². The van der Waals surface area contributed by atoms with Gasteiger partial charge in [0.1, 0.15) is 5.60 Å². The molecule has 0 radical (unpaired) electrons. The Morgan fingerprint density at radius 3 is 2.82 bits per heavy atom. The summed E-state index contributed by atoms with van der Waals surface area (Å²) in [6, 6.07) is 0. The molecule has 2 rings (SSSR count). The molecule has 2 atom stereocenters. The van der Waals surface area contributed by atoms with Crippen molar-refractivity contribution in [2.24, 2.45) is 5.92 Å². The van der Waals surface area contributed by atoms with E-state index in [1.165, 1.54) is 19.3 Å². The lowest BCUT2D eigenvalue weighted by Crippen LogP contribution is -2.53. The van der Waals surface area contributed by atoms with E-state index in [9.17, 15) is 4.79 Å². The Morgan fingerprint density at radius 2 is 2.27 bits per heavy atom. The molecule has 1 saturated heterocycles. The fraction of sp³-hybridized carbons (Fsp3) is 0.889. The molecule has 11 heavy (non-hydrogen) atoms. The lowest BCUT2D eigenvalue weighted by molar-refractivity contribution is -0.207. The van der Waals surface area contributed by atoms with Crippen molar-refractivity contribution in [3.63, 3.8) is 0 Å². The first-order valence-corrected chi connectivity index (χ1v) is 4.45. The Bertz CT molecular complexity index is 178. The zero-order chi connectivity index (χ0) is 7.90. The summed E-state index contributed by atoms with van der Waals surface area (Å²) >= 11 is 0. The van der Waals surface area contributed by atoms with Crippen molar-refractivity contribution in [3.05, 3.63) is 0 Å². The third-order valence-electron chi connectivity index (χ3n) is 3.15. The molecule has 1 spiro atoms. The Labute approximate surface area is 66.9 Å².